The number of para-hydroxylation sites is 2. The van der Waals surface area contributed by atoms with E-state index in [1.54, 1.807) is 42.5 Å². The smallest absolute Gasteiger partial charge is 0.163 e. The second-order valence-electron chi connectivity index (χ2n) is 3.28. The van der Waals surface area contributed by atoms with Gasteiger partial charge in [0.25, 0.3) is 0 Å². The van der Waals surface area contributed by atoms with Crippen molar-refractivity contribution in [2.45, 2.75) is 0 Å². The van der Waals surface area contributed by atoms with Crippen molar-refractivity contribution in [3.8, 4) is 24.0 Å². The third kappa shape index (κ3) is 3.74. The Bertz CT molecular complexity index is 586. The molecule has 0 aromatic heterocycles. The minimum absolute atomic E-state index is 0.105. The Morgan fingerprint density at radius 2 is 1.84 bits per heavy atom. The van der Waals surface area contributed by atoms with E-state index in [0.29, 0.717) is 11.4 Å². The first-order valence-corrected chi connectivity index (χ1v) is 5.31. The number of aliphatic hydroxyl groups excluding tert-OH is 1. The molecule has 0 atom stereocenters. The van der Waals surface area contributed by atoms with E-state index >= 15 is 0 Å². The van der Waals surface area contributed by atoms with Crippen LogP contribution in [-0.2, 0) is 0 Å². The first-order valence-electron chi connectivity index (χ1n) is 5.31. The second-order valence-corrected chi connectivity index (χ2v) is 3.28. The first kappa shape index (κ1) is 14.1. The van der Waals surface area contributed by atoms with Crippen molar-refractivity contribution in [3.63, 3.8) is 0 Å². The van der Waals surface area contributed by atoms with Crippen molar-refractivity contribution in [3.05, 3.63) is 35.5 Å². The van der Waals surface area contributed by atoms with Crippen LogP contribution in [-0.4, -0.2) is 18.3 Å². The highest BCUT2D eigenvalue weighted by Crippen LogP contribution is 2.25. The molecule has 6 heteroatoms. The van der Waals surface area contributed by atoms with Gasteiger partial charge in [0.15, 0.2) is 5.57 Å². The van der Waals surface area contributed by atoms with Gasteiger partial charge in [-0.15, -0.1) is 0 Å². The van der Waals surface area contributed by atoms with Gasteiger partial charge >= 0.3 is 0 Å². The Hall–Kier alpha value is -3.01. The summed E-state index contributed by atoms with van der Waals surface area (Å²) in [6.07, 6.45) is 0. The predicted molar refractivity (Wildman–Crippen MR) is 66.5 cm³/mol. The van der Waals surface area contributed by atoms with E-state index < -0.39 is 0 Å². The zero-order valence-electron chi connectivity index (χ0n) is 9.92. The summed E-state index contributed by atoms with van der Waals surface area (Å²) < 4.78 is 5.27. The van der Waals surface area contributed by atoms with Gasteiger partial charge in [-0.3, -0.25) is 0 Å². The van der Waals surface area contributed by atoms with Gasteiger partial charge in [-0.05, 0) is 12.1 Å². The Morgan fingerprint density at radius 3 is 2.42 bits per heavy atom. The van der Waals surface area contributed by atoms with E-state index in [0.717, 1.165) is 0 Å². The lowest BCUT2D eigenvalue weighted by Crippen LogP contribution is -2.06. The molecule has 0 spiro atoms. The van der Waals surface area contributed by atoms with Gasteiger partial charge in [-0.25, -0.2) is 0 Å². The Morgan fingerprint density at radius 1 is 1.16 bits per heavy atom. The highest BCUT2D eigenvalue weighted by molar-refractivity contribution is 5.64. The third-order valence-electron chi connectivity index (χ3n) is 2.08. The number of anilines is 1. The number of hydrogen-bond acceptors (Lipinski definition) is 6. The molecule has 2 N–H and O–H groups in total. The summed E-state index contributed by atoms with van der Waals surface area (Å²) in [7, 11) is 0. The summed E-state index contributed by atoms with van der Waals surface area (Å²) in [5, 5.41) is 37.8. The molecule has 0 aliphatic heterocycles. The molecule has 6 nitrogen and oxygen atoms in total. The maximum atomic E-state index is 8.93. The average Bonchev–Trinajstić information content (AvgIpc) is 2.46. The van der Waals surface area contributed by atoms with Gasteiger partial charge in [0.1, 0.15) is 36.3 Å². The number of rotatable bonds is 5. The highest BCUT2D eigenvalue weighted by atomic mass is 16.5. The molecule has 1 aromatic carbocycles. The summed E-state index contributed by atoms with van der Waals surface area (Å²) in [4.78, 5) is 0. The molecule has 0 radical (unpaired) electrons. The topological polar surface area (TPSA) is 113 Å². The van der Waals surface area contributed by atoms with Crippen molar-refractivity contribution >= 4 is 5.69 Å². The number of nitrogens with one attached hydrogen (secondary N) is 1. The number of ether oxygens (including phenoxy) is 1. The molecule has 0 heterocycles. The molecule has 0 saturated carbocycles. The van der Waals surface area contributed by atoms with Crippen LogP contribution in [0.25, 0.3) is 0 Å². The standard InChI is InChI=1S/C13H10N4O2/c14-7-10(8-15)12(9-16)17-11-3-1-2-4-13(11)19-6-5-18/h1-4,17-18H,5-6H2. The number of benzene rings is 1. The Kier molecular flexibility index (Phi) is 5.43. The highest BCUT2D eigenvalue weighted by Gasteiger charge is 2.09. The summed E-state index contributed by atoms with van der Waals surface area (Å²) in [5.41, 5.74) is -0.0139. The van der Waals surface area contributed by atoms with Crippen LogP contribution in [0.5, 0.6) is 5.75 Å². The first-order chi connectivity index (χ1) is 9.26. The molecule has 0 bridgehead atoms. The SMILES string of the molecule is N#CC(C#N)=C(C#N)Nc1ccccc1OCCO. The maximum absolute atomic E-state index is 8.93. The van der Waals surface area contributed by atoms with Crippen LogP contribution in [0.3, 0.4) is 0 Å². The Labute approximate surface area is 110 Å². The maximum Gasteiger partial charge on any atom is 0.163 e. The summed E-state index contributed by atoms with van der Waals surface area (Å²) in [6.45, 7) is -0.0371. The van der Waals surface area contributed by atoms with Crippen LogP contribution in [0, 0.1) is 34.0 Å². The second kappa shape index (κ2) is 7.34. The van der Waals surface area contributed by atoms with E-state index in [9.17, 15) is 0 Å². The quantitative estimate of drug-likeness (QED) is 0.765. The minimum Gasteiger partial charge on any atom is -0.489 e. The van der Waals surface area contributed by atoms with Gasteiger partial charge in [0.05, 0.1) is 12.3 Å². The van der Waals surface area contributed by atoms with Gasteiger partial charge in [0.2, 0.25) is 0 Å². The molecule has 0 saturated heterocycles. The molecule has 0 fully saturated rings. The van der Waals surface area contributed by atoms with E-state index in [1.807, 2.05) is 0 Å². The van der Waals surface area contributed by atoms with Gasteiger partial charge in [-0.2, -0.15) is 15.8 Å². The van der Waals surface area contributed by atoms with Crippen molar-refractivity contribution < 1.29 is 9.84 Å². The number of hydrogen-bond donors (Lipinski definition) is 2. The summed E-state index contributed by atoms with van der Waals surface area (Å²) in [5.74, 6) is 0.416. The van der Waals surface area contributed by atoms with E-state index in [2.05, 4.69) is 5.32 Å². The van der Waals surface area contributed by atoms with Crippen LogP contribution in [0.2, 0.25) is 0 Å². The molecular weight excluding hydrogens is 244 g/mol. The predicted octanol–water partition coefficient (Wildman–Crippen LogP) is 1.29. The molecule has 0 amide bonds. The summed E-state index contributed by atoms with van der Waals surface area (Å²) >= 11 is 0. The zero-order chi connectivity index (χ0) is 14.1. The lowest BCUT2D eigenvalue weighted by molar-refractivity contribution is 0.202. The summed E-state index contributed by atoms with van der Waals surface area (Å²) in [6, 6.07) is 11.7. The van der Waals surface area contributed by atoms with Crippen molar-refractivity contribution in [2.24, 2.45) is 0 Å². The van der Waals surface area contributed by atoms with E-state index in [1.165, 1.54) is 0 Å². The van der Waals surface area contributed by atoms with Gasteiger partial charge < -0.3 is 15.2 Å². The third-order valence-corrected chi connectivity index (χ3v) is 2.08. The molecular formula is C13H10N4O2. The zero-order valence-corrected chi connectivity index (χ0v) is 9.92. The molecule has 0 unspecified atom stereocenters. The molecule has 1 rings (SSSR count). The average molecular weight is 254 g/mol. The van der Waals surface area contributed by atoms with Gasteiger partial charge in [0, 0.05) is 0 Å². The lowest BCUT2D eigenvalue weighted by atomic mass is 10.2. The van der Waals surface area contributed by atoms with Crippen LogP contribution >= 0.6 is 0 Å². The molecule has 0 aliphatic carbocycles. The van der Waals surface area contributed by atoms with Crippen LogP contribution < -0.4 is 10.1 Å². The van der Waals surface area contributed by atoms with Crippen LogP contribution in [0.4, 0.5) is 5.69 Å². The lowest BCUT2D eigenvalue weighted by Gasteiger charge is -2.11. The number of nitrogens with zero attached hydrogens (tertiary/aromatic N) is 3. The Balaban J connectivity index is 3.07. The molecule has 94 valence electrons. The minimum atomic E-state index is -0.306. The van der Waals surface area contributed by atoms with Crippen molar-refractivity contribution in [1.82, 2.24) is 0 Å². The fourth-order valence-corrected chi connectivity index (χ4v) is 1.27. The fraction of sp³-hybridized carbons (Fsp3) is 0.154. The van der Waals surface area contributed by atoms with Crippen LogP contribution in [0.15, 0.2) is 35.5 Å². The van der Waals surface area contributed by atoms with Crippen molar-refractivity contribution in [2.75, 3.05) is 18.5 Å². The van der Waals surface area contributed by atoms with Crippen LogP contribution in [0.1, 0.15) is 0 Å². The number of allylic oxidation sites excluding steroid dienone is 2. The van der Waals surface area contributed by atoms with Gasteiger partial charge in [-0.1, -0.05) is 12.1 Å². The molecule has 19 heavy (non-hydrogen) atoms. The molecule has 0 aliphatic rings. The monoisotopic (exact) mass is 254 g/mol. The molecule has 1 aromatic rings. The fourth-order valence-electron chi connectivity index (χ4n) is 1.27. The van der Waals surface area contributed by atoms with E-state index in [-0.39, 0.29) is 24.5 Å². The van der Waals surface area contributed by atoms with E-state index in [4.69, 9.17) is 25.6 Å². The number of aliphatic hydroxyl groups is 1. The number of nitriles is 3. The normalized spacial score (nSPS) is 8.53. The largest absolute Gasteiger partial charge is 0.489 e. The van der Waals surface area contributed by atoms with Crippen molar-refractivity contribution in [1.29, 1.82) is 15.8 Å².